The molecule has 11 heteroatoms. The van der Waals surface area contributed by atoms with Gasteiger partial charge in [-0.3, -0.25) is 5.10 Å². The monoisotopic (exact) mass is 425 g/mol. The number of aromatic nitrogens is 2. The molecule has 30 heavy (non-hydrogen) atoms. The van der Waals surface area contributed by atoms with E-state index in [9.17, 15) is 31.6 Å². The van der Waals surface area contributed by atoms with Gasteiger partial charge in [0.2, 0.25) is 0 Å². The van der Waals surface area contributed by atoms with Gasteiger partial charge in [-0.2, -0.15) is 36.7 Å². The van der Waals surface area contributed by atoms with Crippen molar-refractivity contribution < 1.29 is 26.3 Å². The number of aromatic amines is 1. The fourth-order valence-corrected chi connectivity index (χ4v) is 3.33. The molecule has 1 aliphatic rings. The van der Waals surface area contributed by atoms with Crippen molar-refractivity contribution in [2.24, 2.45) is 0 Å². The summed E-state index contributed by atoms with van der Waals surface area (Å²) >= 11 is 0. The van der Waals surface area contributed by atoms with Crippen LogP contribution in [0.3, 0.4) is 0 Å². The minimum absolute atomic E-state index is 0.183. The fraction of sp³-hybridized carbons (Fsp3) is 0.316. The molecule has 5 nitrogen and oxygen atoms in total. The quantitative estimate of drug-likeness (QED) is 0.513. The van der Waals surface area contributed by atoms with Crippen molar-refractivity contribution in [1.82, 2.24) is 15.5 Å². The molecule has 2 heterocycles. The number of benzene rings is 1. The summed E-state index contributed by atoms with van der Waals surface area (Å²) in [6.07, 6.45) is -11.9. The Labute approximate surface area is 166 Å². The van der Waals surface area contributed by atoms with E-state index in [1.54, 1.807) is 6.92 Å². The Morgan fingerprint density at radius 2 is 1.93 bits per heavy atom. The molecule has 0 amide bonds. The van der Waals surface area contributed by atoms with Crippen LogP contribution in [0.15, 0.2) is 40.9 Å². The van der Waals surface area contributed by atoms with E-state index in [2.05, 4.69) is 15.0 Å². The summed E-state index contributed by atoms with van der Waals surface area (Å²) in [7, 11) is 0. The maximum atomic E-state index is 13.6. The number of allylic oxidation sites excluding steroid dienone is 3. The van der Waals surface area contributed by atoms with E-state index >= 15 is 0 Å². The van der Waals surface area contributed by atoms with Crippen LogP contribution in [0.1, 0.15) is 30.0 Å². The summed E-state index contributed by atoms with van der Waals surface area (Å²) in [5, 5.41) is 18.7. The van der Waals surface area contributed by atoms with Gasteiger partial charge >= 0.3 is 12.4 Å². The molecule has 0 spiro atoms. The predicted octanol–water partition coefficient (Wildman–Crippen LogP) is 5.37. The number of halogens is 6. The zero-order chi connectivity index (χ0) is 22.3. The third-order valence-electron chi connectivity index (χ3n) is 4.70. The summed E-state index contributed by atoms with van der Waals surface area (Å²) in [6.45, 7) is 9.10. The highest BCUT2D eigenvalue weighted by Crippen LogP contribution is 2.44. The number of hydrogen-bond donors (Lipinski definition) is 2. The molecule has 0 aliphatic carbocycles. The minimum atomic E-state index is -5.02. The first-order chi connectivity index (χ1) is 14.0. The molecule has 3 rings (SSSR count). The van der Waals surface area contributed by atoms with Crippen LogP contribution in [0.5, 0.6) is 0 Å². The maximum Gasteiger partial charge on any atom is 0.432 e. The average molecular weight is 425 g/mol. The highest BCUT2D eigenvalue weighted by molar-refractivity contribution is 5.82. The molecule has 1 atom stereocenters. The van der Waals surface area contributed by atoms with E-state index in [1.807, 2.05) is 5.32 Å². The SMILES string of the molecule is [C-]#[N+]C1=C(CCC(F)(F)F)NC(C(F)(F)F)=C(C#N)C1c1ccc2n[nH]c(C)c2c1. The van der Waals surface area contributed by atoms with Crippen LogP contribution in [0.2, 0.25) is 0 Å². The van der Waals surface area contributed by atoms with Gasteiger partial charge in [-0.25, -0.2) is 4.85 Å². The number of nitrogens with one attached hydrogen (secondary N) is 2. The lowest BCUT2D eigenvalue weighted by Gasteiger charge is -2.30. The number of dihydropyridines is 1. The summed E-state index contributed by atoms with van der Waals surface area (Å²) in [6, 6.07) is 5.91. The number of fused-ring (bicyclic) bond motifs is 1. The van der Waals surface area contributed by atoms with Crippen molar-refractivity contribution in [1.29, 1.82) is 5.26 Å². The van der Waals surface area contributed by atoms with Crippen LogP contribution >= 0.6 is 0 Å². The Kier molecular flexibility index (Phi) is 5.25. The van der Waals surface area contributed by atoms with Gasteiger partial charge < -0.3 is 5.32 Å². The third kappa shape index (κ3) is 3.96. The summed E-state index contributed by atoms with van der Waals surface area (Å²) < 4.78 is 78.9. The van der Waals surface area contributed by atoms with Crippen molar-refractivity contribution in [3.8, 4) is 6.07 Å². The smallest absolute Gasteiger partial charge is 0.364 e. The first kappa shape index (κ1) is 21.2. The van der Waals surface area contributed by atoms with Crippen molar-refractivity contribution in [3.05, 3.63) is 63.5 Å². The number of nitrogens with zero attached hydrogens (tertiary/aromatic N) is 3. The minimum Gasteiger partial charge on any atom is -0.364 e. The van der Waals surface area contributed by atoms with Crippen molar-refractivity contribution in [3.63, 3.8) is 0 Å². The summed E-state index contributed by atoms with van der Waals surface area (Å²) in [5.74, 6) is -1.45. The lowest BCUT2D eigenvalue weighted by molar-refractivity contribution is -0.134. The highest BCUT2D eigenvalue weighted by Gasteiger charge is 2.44. The van der Waals surface area contributed by atoms with Gasteiger partial charge in [-0.05, 0) is 31.0 Å². The van der Waals surface area contributed by atoms with Crippen molar-refractivity contribution >= 4 is 10.9 Å². The summed E-state index contributed by atoms with van der Waals surface area (Å²) in [5.41, 5.74) is -1.78. The standard InChI is InChI=1S/C19H13F6N5/c1-9-11-7-10(3-4-13(11)30-29-9)15-12(8-26)17(19(23,24)25)28-14(16(15)27-2)5-6-18(20,21)22/h3-4,7,15,28H,5-6H2,1H3,(H,29,30). The number of hydrogen-bond acceptors (Lipinski definition) is 3. The molecule has 0 saturated carbocycles. The Hall–Kier alpha value is -3.47. The van der Waals surface area contributed by atoms with Crippen molar-refractivity contribution in [2.75, 3.05) is 0 Å². The van der Waals surface area contributed by atoms with Gasteiger partial charge in [0, 0.05) is 23.2 Å². The molecule has 1 aromatic carbocycles. The zero-order valence-electron chi connectivity index (χ0n) is 15.3. The van der Waals surface area contributed by atoms with Crippen LogP contribution in [0.4, 0.5) is 26.3 Å². The largest absolute Gasteiger partial charge is 0.432 e. The molecule has 2 aromatic rings. The predicted molar refractivity (Wildman–Crippen MR) is 94.3 cm³/mol. The third-order valence-corrected chi connectivity index (χ3v) is 4.70. The molecule has 0 radical (unpaired) electrons. The molecular formula is C19H13F6N5. The van der Waals surface area contributed by atoms with Gasteiger partial charge in [0.15, 0.2) is 5.70 Å². The van der Waals surface area contributed by atoms with Crippen LogP contribution < -0.4 is 5.32 Å². The molecular weight excluding hydrogens is 412 g/mol. The number of rotatable bonds is 3. The van der Waals surface area contributed by atoms with Crippen LogP contribution in [-0.4, -0.2) is 22.5 Å². The Morgan fingerprint density at radius 1 is 1.23 bits per heavy atom. The molecule has 1 unspecified atom stereocenters. The van der Waals surface area contributed by atoms with Crippen LogP contribution in [-0.2, 0) is 0 Å². The molecule has 0 saturated heterocycles. The lowest BCUT2D eigenvalue weighted by Crippen LogP contribution is -2.34. The van der Waals surface area contributed by atoms with Gasteiger partial charge in [0.05, 0.1) is 29.6 Å². The molecule has 0 bridgehead atoms. The second-order valence-corrected chi connectivity index (χ2v) is 6.67. The van der Waals surface area contributed by atoms with Gasteiger partial charge in [0.1, 0.15) is 5.70 Å². The number of aryl methyl sites for hydroxylation is 1. The Balaban J connectivity index is 2.23. The zero-order valence-corrected chi connectivity index (χ0v) is 15.3. The van der Waals surface area contributed by atoms with E-state index in [0.717, 1.165) is 0 Å². The maximum absolute atomic E-state index is 13.6. The van der Waals surface area contributed by atoms with Gasteiger partial charge in [-0.15, -0.1) is 0 Å². The molecule has 156 valence electrons. The number of alkyl halides is 6. The van der Waals surface area contributed by atoms with E-state index in [0.29, 0.717) is 16.6 Å². The van der Waals surface area contributed by atoms with E-state index in [4.69, 9.17) is 6.57 Å². The van der Waals surface area contributed by atoms with Gasteiger partial charge in [0.25, 0.3) is 0 Å². The number of nitriles is 1. The Morgan fingerprint density at radius 3 is 2.50 bits per heavy atom. The van der Waals surface area contributed by atoms with Crippen molar-refractivity contribution in [2.45, 2.75) is 38.0 Å². The summed E-state index contributed by atoms with van der Waals surface area (Å²) in [4.78, 5) is 3.22. The first-order valence-electron chi connectivity index (χ1n) is 8.56. The lowest BCUT2D eigenvalue weighted by atomic mass is 9.83. The Bertz CT molecular complexity index is 1140. The van der Waals surface area contributed by atoms with Crippen LogP contribution in [0, 0.1) is 24.8 Å². The average Bonchev–Trinajstić information content (AvgIpc) is 3.03. The van der Waals surface area contributed by atoms with E-state index in [1.165, 1.54) is 24.3 Å². The first-order valence-corrected chi connectivity index (χ1v) is 8.56. The van der Waals surface area contributed by atoms with E-state index < -0.39 is 48.1 Å². The van der Waals surface area contributed by atoms with Gasteiger partial charge in [-0.1, -0.05) is 6.07 Å². The molecule has 1 aromatic heterocycles. The number of H-pyrrole nitrogens is 1. The fourth-order valence-electron chi connectivity index (χ4n) is 3.33. The van der Waals surface area contributed by atoms with E-state index in [-0.39, 0.29) is 11.3 Å². The highest BCUT2D eigenvalue weighted by atomic mass is 19.4. The van der Waals surface area contributed by atoms with Crippen LogP contribution in [0.25, 0.3) is 15.7 Å². The topological polar surface area (TPSA) is 68.9 Å². The second kappa shape index (κ2) is 7.41. The molecule has 2 N–H and O–H groups in total. The normalized spacial score (nSPS) is 17.7. The second-order valence-electron chi connectivity index (χ2n) is 6.67. The molecule has 0 fully saturated rings. The molecule has 1 aliphatic heterocycles.